The number of halogens is 3. The summed E-state index contributed by atoms with van der Waals surface area (Å²) in [5.41, 5.74) is -1.85. The van der Waals surface area contributed by atoms with Crippen molar-refractivity contribution in [3.8, 4) is 0 Å². The standard InChI is InChI=1S/C28H34F3N3O6S2/c1-17(2)40-27(37)34-24-13-8-19(28(29,30)31)14-22(24)26(36)32-15-25(35)33-23-7-5-4-6-18(23)16-42(38,39)21-11-9-20(41-3)10-12-21/h8-14,17-18,23H,4-7,15-16H2,1-3H3,(H,32,36)(H,33,35)(H,34,37)/t18-,23-/m0/s1. The van der Waals surface area contributed by atoms with Crippen LogP contribution in [0.2, 0.25) is 0 Å². The van der Waals surface area contributed by atoms with Crippen LogP contribution in [0.4, 0.5) is 23.7 Å². The molecule has 1 fully saturated rings. The van der Waals surface area contributed by atoms with Gasteiger partial charge in [-0.3, -0.25) is 14.9 Å². The molecule has 0 unspecified atom stereocenters. The average Bonchev–Trinajstić information content (AvgIpc) is 2.92. The van der Waals surface area contributed by atoms with Crippen molar-refractivity contribution in [2.45, 2.75) is 67.6 Å². The average molecular weight is 630 g/mol. The summed E-state index contributed by atoms with van der Waals surface area (Å²) in [5.74, 6) is -2.15. The van der Waals surface area contributed by atoms with Crippen molar-refractivity contribution in [2.24, 2.45) is 5.92 Å². The smallest absolute Gasteiger partial charge is 0.416 e. The fraction of sp³-hybridized carbons (Fsp3) is 0.464. The number of alkyl halides is 3. The Hall–Kier alpha value is -3.26. The minimum atomic E-state index is -4.75. The third-order valence-corrected chi connectivity index (χ3v) is 9.29. The maximum atomic E-state index is 13.3. The molecule has 0 aromatic heterocycles. The molecule has 0 aliphatic heterocycles. The number of thioether (sulfide) groups is 1. The van der Waals surface area contributed by atoms with Crippen molar-refractivity contribution < 1.29 is 40.7 Å². The predicted octanol–water partition coefficient (Wildman–Crippen LogP) is 5.26. The Balaban J connectivity index is 1.67. The second kappa shape index (κ2) is 14.3. The second-order valence-corrected chi connectivity index (χ2v) is 13.1. The first-order valence-corrected chi connectivity index (χ1v) is 16.2. The van der Waals surface area contributed by atoms with Crippen LogP contribution in [0.25, 0.3) is 0 Å². The van der Waals surface area contributed by atoms with Crippen LogP contribution in [0.1, 0.15) is 55.5 Å². The largest absolute Gasteiger partial charge is 0.447 e. The van der Waals surface area contributed by atoms with E-state index in [1.165, 1.54) is 11.8 Å². The van der Waals surface area contributed by atoms with Gasteiger partial charge in [-0.1, -0.05) is 12.8 Å². The zero-order valence-corrected chi connectivity index (χ0v) is 25.0. The van der Waals surface area contributed by atoms with E-state index in [-0.39, 0.29) is 22.3 Å². The summed E-state index contributed by atoms with van der Waals surface area (Å²) in [7, 11) is -3.62. The van der Waals surface area contributed by atoms with Crippen LogP contribution in [0, 0.1) is 5.92 Å². The summed E-state index contributed by atoms with van der Waals surface area (Å²) >= 11 is 1.50. The zero-order valence-electron chi connectivity index (χ0n) is 23.4. The van der Waals surface area contributed by atoms with E-state index >= 15 is 0 Å². The first-order chi connectivity index (χ1) is 19.7. The lowest BCUT2D eigenvalue weighted by Gasteiger charge is -2.32. The number of carbonyl (C=O) groups excluding carboxylic acids is 3. The van der Waals surface area contributed by atoms with Gasteiger partial charge >= 0.3 is 12.3 Å². The van der Waals surface area contributed by atoms with E-state index < -0.39 is 63.7 Å². The van der Waals surface area contributed by atoms with E-state index in [1.807, 2.05) is 6.26 Å². The minimum absolute atomic E-state index is 0.158. The number of hydrogen-bond acceptors (Lipinski definition) is 7. The van der Waals surface area contributed by atoms with Crippen LogP contribution in [0.15, 0.2) is 52.3 Å². The molecule has 0 radical (unpaired) electrons. The maximum Gasteiger partial charge on any atom is 0.416 e. The van der Waals surface area contributed by atoms with E-state index in [2.05, 4.69) is 16.0 Å². The molecule has 3 rings (SSSR count). The van der Waals surface area contributed by atoms with Crippen LogP contribution >= 0.6 is 11.8 Å². The molecule has 2 aromatic rings. The van der Waals surface area contributed by atoms with E-state index in [0.717, 1.165) is 23.8 Å². The van der Waals surface area contributed by atoms with Gasteiger partial charge in [-0.25, -0.2) is 13.2 Å². The van der Waals surface area contributed by atoms with Gasteiger partial charge in [-0.2, -0.15) is 13.2 Å². The SMILES string of the molecule is CSc1ccc(S(=O)(=O)C[C@@H]2CCCC[C@@H]2NC(=O)CNC(=O)c2cc(C(F)(F)F)ccc2NC(=O)OC(C)C)cc1. The molecule has 2 aromatic carbocycles. The molecule has 42 heavy (non-hydrogen) atoms. The third kappa shape index (κ3) is 9.38. The fourth-order valence-electron chi connectivity index (χ4n) is 4.64. The molecule has 14 heteroatoms. The van der Waals surface area contributed by atoms with Gasteiger partial charge in [0.25, 0.3) is 5.91 Å². The molecule has 0 heterocycles. The highest BCUT2D eigenvalue weighted by Gasteiger charge is 2.33. The molecule has 2 atom stereocenters. The van der Waals surface area contributed by atoms with Gasteiger partial charge in [0, 0.05) is 10.9 Å². The first-order valence-electron chi connectivity index (χ1n) is 13.3. The molecule has 3 amide bonds. The van der Waals surface area contributed by atoms with Crippen LogP contribution in [0.5, 0.6) is 0 Å². The molecular weight excluding hydrogens is 595 g/mol. The summed E-state index contributed by atoms with van der Waals surface area (Å²) in [6, 6.07) is 8.35. The van der Waals surface area contributed by atoms with E-state index in [9.17, 15) is 36.0 Å². The lowest BCUT2D eigenvalue weighted by atomic mass is 9.86. The van der Waals surface area contributed by atoms with E-state index in [4.69, 9.17) is 4.74 Å². The second-order valence-electron chi connectivity index (χ2n) is 10.2. The Morgan fingerprint density at radius 1 is 1.05 bits per heavy atom. The minimum Gasteiger partial charge on any atom is -0.447 e. The summed E-state index contributed by atoms with van der Waals surface area (Å²) in [6.07, 6.45) is -1.62. The highest BCUT2D eigenvalue weighted by Crippen LogP contribution is 2.32. The number of ether oxygens (including phenoxy) is 1. The van der Waals surface area contributed by atoms with Crippen molar-refractivity contribution in [3.63, 3.8) is 0 Å². The van der Waals surface area contributed by atoms with Crippen molar-refractivity contribution in [3.05, 3.63) is 53.6 Å². The first kappa shape index (κ1) is 33.2. The molecule has 1 aliphatic carbocycles. The predicted molar refractivity (Wildman–Crippen MR) is 153 cm³/mol. The monoisotopic (exact) mass is 629 g/mol. The topological polar surface area (TPSA) is 131 Å². The Kier molecular flexibility index (Phi) is 11.3. The molecule has 1 saturated carbocycles. The molecular formula is C28H34F3N3O6S2. The molecule has 0 bridgehead atoms. The summed E-state index contributed by atoms with van der Waals surface area (Å²) < 4.78 is 71.0. The Morgan fingerprint density at radius 2 is 1.71 bits per heavy atom. The maximum absolute atomic E-state index is 13.3. The number of hydrogen-bond donors (Lipinski definition) is 3. The lowest BCUT2D eigenvalue weighted by Crippen LogP contribution is -2.47. The van der Waals surface area contributed by atoms with Crippen molar-refractivity contribution in [1.82, 2.24) is 10.6 Å². The summed E-state index contributed by atoms with van der Waals surface area (Å²) in [6.45, 7) is 2.58. The van der Waals surface area contributed by atoms with Crippen LogP contribution in [0.3, 0.4) is 0 Å². The Labute approximate surface area is 247 Å². The van der Waals surface area contributed by atoms with E-state index in [1.54, 1.807) is 38.1 Å². The normalized spacial score (nSPS) is 17.4. The van der Waals surface area contributed by atoms with Gasteiger partial charge in [-0.15, -0.1) is 11.8 Å². The number of nitrogens with one attached hydrogen (secondary N) is 3. The van der Waals surface area contributed by atoms with Crippen LogP contribution < -0.4 is 16.0 Å². The van der Waals surface area contributed by atoms with Gasteiger partial charge in [0.15, 0.2) is 9.84 Å². The van der Waals surface area contributed by atoms with Crippen molar-refractivity contribution in [1.29, 1.82) is 0 Å². The van der Waals surface area contributed by atoms with Gasteiger partial charge < -0.3 is 15.4 Å². The lowest BCUT2D eigenvalue weighted by molar-refractivity contribution is -0.137. The number of benzene rings is 2. The molecule has 0 spiro atoms. The zero-order chi connectivity index (χ0) is 31.1. The summed E-state index contributed by atoms with van der Waals surface area (Å²) in [5, 5.41) is 7.33. The highest BCUT2D eigenvalue weighted by molar-refractivity contribution is 7.98. The molecule has 0 saturated heterocycles. The number of rotatable bonds is 10. The number of anilines is 1. The number of sulfone groups is 1. The number of amides is 3. The molecule has 230 valence electrons. The van der Waals surface area contributed by atoms with Crippen molar-refractivity contribution >= 4 is 45.2 Å². The van der Waals surface area contributed by atoms with Gasteiger partial charge in [0.05, 0.1) is 40.1 Å². The molecule has 3 N–H and O–H groups in total. The quantitative estimate of drug-likeness (QED) is 0.306. The van der Waals surface area contributed by atoms with Gasteiger partial charge in [0.1, 0.15) is 0 Å². The highest BCUT2D eigenvalue weighted by atomic mass is 32.2. The summed E-state index contributed by atoms with van der Waals surface area (Å²) in [4.78, 5) is 38.8. The molecule has 1 aliphatic rings. The van der Waals surface area contributed by atoms with Crippen molar-refractivity contribution in [2.75, 3.05) is 23.9 Å². The fourth-order valence-corrected chi connectivity index (χ4v) is 6.76. The van der Waals surface area contributed by atoms with E-state index in [0.29, 0.717) is 25.0 Å². The number of carbonyl (C=O) groups is 3. The molecule has 9 nitrogen and oxygen atoms in total. The van der Waals surface area contributed by atoms with Gasteiger partial charge in [0.2, 0.25) is 5.91 Å². The Bertz CT molecular complexity index is 1380. The van der Waals surface area contributed by atoms with Crippen LogP contribution in [-0.2, 0) is 25.5 Å². The third-order valence-electron chi connectivity index (χ3n) is 6.69. The Morgan fingerprint density at radius 3 is 2.33 bits per heavy atom. The van der Waals surface area contributed by atoms with Gasteiger partial charge in [-0.05, 0) is 81.3 Å². The van der Waals surface area contributed by atoms with Crippen LogP contribution in [-0.4, -0.2) is 57.0 Å².